The van der Waals surface area contributed by atoms with Gasteiger partial charge in [-0.25, -0.2) is 9.97 Å². The molecule has 6 nitrogen and oxygen atoms in total. The number of fused-ring (bicyclic) bond motifs is 3. The lowest BCUT2D eigenvalue weighted by molar-refractivity contribution is 0.190. The Bertz CT molecular complexity index is 785. The Kier molecular flexibility index (Phi) is 6.76. The van der Waals surface area contributed by atoms with Crippen molar-refractivity contribution in [3.05, 3.63) is 24.3 Å². The molecule has 1 atom stereocenters. The van der Waals surface area contributed by atoms with E-state index in [1.54, 1.807) is 13.1 Å². The molecule has 4 rings (SSSR count). The zero-order valence-electron chi connectivity index (χ0n) is 14.3. The van der Waals surface area contributed by atoms with Gasteiger partial charge in [0, 0.05) is 18.0 Å². The number of aromatic nitrogens is 4. The first-order valence-corrected chi connectivity index (χ1v) is 8.54. The van der Waals surface area contributed by atoms with Crippen molar-refractivity contribution >= 4 is 22.1 Å². The first-order chi connectivity index (χ1) is 11.7. The highest BCUT2D eigenvalue weighted by Crippen LogP contribution is 2.22. The number of nitrogens with zero attached hydrogens (tertiary/aromatic N) is 3. The van der Waals surface area contributed by atoms with Crippen LogP contribution in [0.5, 0.6) is 0 Å². The van der Waals surface area contributed by atoms with Gasteiger partial charge in [0.1, 0.15) is 23.1 Å². The molecule has 0 aliphatic heterocycles. The van der Waals surface area contributed by atoms with Crippen LogP contribution < -0.4 is 0 Å². The fraction of sp³-hybridized carbons (Fsp3) is 0.500. The average Bonchev–Trinajstić information content (AvgIpc) is 3.35. The fourth-order valence-corrected chi connectivity index (χ4v) is 2.57. The highest BCUT2D eigenvalue weighted by Gasteiger charge is 2.10. The van der Waals surface area contributed by atoms with Gasteiger partial charge in [-0.05, 0) is 13.0 Å². The quantitative estimate of drug-likeness (QED) is 0.618. The summed E-state index contributed by atoms with van der Waals surface area (Å²) in [6, 6.07) is 3.86. The van der Waals surface area contributed by atoms with Gasteiger partial charge in [0.05, 0.1) is 17.8 Å². The summed E-state index contributed by atoms with van der Waals surface area (Å²) in [4.78, 5) is 14.6. The molecule has 1 saturated carbocycles. The Hall–Kier alpha value is -2.39. The van der Waals surface area contributed by atoms with E-state index in [1.165, 1.54) is 32.1 Å². The minimum atomic E-state index is -0.591. The Morgan fingerprint density at radius 3 is 2.46 bits per heavy atom. The fourth-order valence-electron chi connectivity index (χ4n) is 2.57. The Morgan fingerprint density at radius 2 is 1.92 bits per heavy atom. The molecule has 6 heteroatoms. The summed E-state index contributed by atoms with van der Waals surface area (Å²) in [5.74, 6) is 0.570. The largest absolute Gasteiger partial charge is 0.385 e. The number of hydrogen-bond acceptors (Lipinski definition) is 4. The van der Waals surface area contributed by atoms with Crippen molar-refractivity contribution < 1.29 is 5.11 Å². The van der Waals surface area contributed by atoms with E-state index in [9.17, 15) is 5.11 Å². The number of imidazole rings is 1. The summed E-state index contributed by atoms with van der Waals surface area (Å²) in [6.45, 7) is 3.50. The van der Waals surface area contributed by atoms with Crippen LogP contribution in [0.15, 0.2) is 18.5 Å². The summed E-state index contributed by atoms with van der Waals surface area (Å²) in [5, 5.41) is 18.0. The molecule has 3 aromatic heterocycles. The van der Waals surface area contributed by atoms with Crippen molar-refractivity contribution in [3.8, 4) is 6.07 Å². The van der Waals surface area contributed by atoms with Crippen LogP contribution in [0, 0.1) is 11.3 Å². The zero-order chi connectivity index (χ0) is 17.4. The van der Waals surface area contributed by atoms with Crippen molar-refractivity contribution in [3.63, 3.8) is 0 Å². The molecule has 1 aliphatic rings. The molecule has 1 unspecified atom stereocenters. The summed E-state index contributed by atoms with van der Waals surface area (Å²) in [5.41, 5.74) is 2.50. The maximum atomic E-state index is 9.43. The number of rotatable bonds is 1. The number of aromatic amines is 2. The lowest BCUT2D eigenvalue weighted by Crippen LogP contribution is -1.92. The number of H-pyrrole nitrogens is 2. The third-order valence-corrected chi connectivity index (χ3v) is 3.86. The van der Waals surface area contributed by atoms with Gasteiger partial charge in [0.2, 0.25) is 0 Å². The molecule has 0 amide bonds. The van der Waals surface area contributed by atoms with Crippen molar-refractivity contribution in [2.75, 3.05) is 0 Å². The highest BCUT2D eigenvalue weighted by molar-refractivity contribution is 6.00. The molecule has 3 N–H and O–H groups in total. The van der Waals surface area contributed by atoms with Gasteiger partial charge in [-0.1, -0.05) is 39.0 Å². The monoisotopic (exact) mass is 327 g/mol. The summed E-state index contributed by atoms with van der Waals surface area (Å²) < 4.78 is 0. The topological polar surface area (TPSA) is 101 Å². The van der Waals surface area contributed by atoms with Gasteiger partial charge in [0.25, 0.3) is 0 Å². The zero-order valence-corrected chi connectivity index (χ0v) is 14.3. The van der Waals surface area contributed by atoms with Crippen molar-refractivity contribution in [2.24, 2.45) is 0 Å². The number of nitriles is 1. The van der Waals surface area contributed by atoms with Crippen LogP contribution in [0.2, 0.25) is 0 Å². The third kappa shape index (κ3) is 4.56. The number of aliphatic hydroxyl groups is 1. The average molecular weight is 327 g/mol. The van der Waals surface area contributed by atoms with Gasteiger partial charge in [0.15, 0.2) is 0 Å². The predicted octanol–water partition coefficient (Wildman–Crippen LogP) is 4.36. The number of hydrogen-bond donors (Lipinski definition) is 3. The molecule has 0 radical (unpaired) electrons. The van der Waals surface area contributed by atoms with Gasteiger partial charge in [-0.2, -0.15) is 5.26 Å². The first-order valence-electron chi connectivity index (χ1n) is 8.54. The van der Waals surface area contributed by atoms with Crippen molar-refractivity contribution in [2.45, 2.75) is 58.5 Å². The lowest BCUT2D eigenvalue weighted by atomic mass is 10.3. The molecule has 0 saturated heterocycles. The van der Waals surface area contributed by atoms with E-state index >= 15 is 0 Å². The smallest absolute Gasteiger partial charge is 0.139 e. The maximum absolute atomic E-state index is 9.43. The first kappa shape index (κ1) is 18.0. The number of pyridine rings is 1. The minimum absolute atomic E-state index is 0.570. The van der Waals surface area contributed by atoms with Crippen LogP contribution in [0.1, 0.15) is 64.3 Å². The van der Waals surface area contributed by atoms with E-state index in [-0.39, 0.29) is 0 Å². The van der Waals surface area contributed by atoms with E-state index in [0.29, 0.717) is 12.2 Å². The Labute approximate surface area is 141 Å². The van der Waals surface area contributed by atoms with Crippen LogP contribution in [0.4, 0.5) is 0 Å². The van der Waals surface area contributed by atoms with Crippen LogP contribution in [-0.4, -0.2) is 25.0 Å². The van der Waals surface area contributed by atoms with E-state index in [4.69, 9.17) is 5.26 Å². The van der Waals surface area contributed by atoms with Crippen LogP contribution in [0.25, 0.3) is 22.1 Å². The van der Waals surface area contributed by atoms with E-state index in [1.807, 2.05) is 25.3 Å². The summed E-state index contributed by atoms with van der Waals surface area (Å²) >= 11 is 0. The molecular weight excluding hydrogens is 302 g/mol. The second-order valence-corrected chi connectivity index (χ2v) is 5.84. The van der Waals surface area contributed by atoms with Crippen LogP contribution >= 0.6 is 0 Å². The predicted molar refractivity (Wildman–Crippen MR) is 95.4 cm³/mol. The highest BCUT2D eigenvalue weighted by atomic mass is 16.3. The van der Waals surface area contributed by atoms with Crippen molar-refractivity contribution in [1.82, 2.24) is 19.9 Å². The molecule has 0 aromatic carbocycles. The Balaban J connectivity index is 0.000000192. The van der Waals surface area contributed by atoms with Crippen LogP contribution in [-0.2, 0) is 0 Å². The molecule has 3 heterocycles. The standard InChI is InChI=1S/C10H10N4O.C5H10.C3H5N/c1-5(15)9-13-7-4-12-10-6(2-3-11-10)8(7)14-9;1-2-4-5-3-1;1-2-3-4/h2-5,15H,1H3,(H,11,12)(H,13,14);1-5H2;2H2,1H3. The molecule has 24 heavy (non-hydrogen) atoms. The second kappa shape index (κ2) is 9.04. The lowest BCUT2D eigenvalue weighted by Gasteiger charge is -1.95. The number of aliphatic hydroxyl groups excluding tert-OH is 1. The van der Waals surface area contributed by atoms with E-state index < -0.39 is 6.10 Å². The molecule has 128 valence electrons. The maximum Gasteiger partial charge on any atom is 0.139 e. The van der Waals surface area contributed by atoms with Crippen LogP contribution in [0.3, 0.4) is 0 Å². The molecule has 0 spiro atoms. The molecule has 1 aliphatic carbocycles. The summed E-state index contributed by atoms with van der Waals surface area (Å²) in [6.07, 6.45) is 11.1. The Morgan fingerprint density at radius 1 is 1.29 bits per heavy atom. The molecule has 3 aromatic rings. The third-order valence-electron chi connectivity index (χ3n) is 3.86. The number of nitrogens with one attached hydrogen (secondary N) is 2. The SMILES string of the molecule is C1CCCC1.CC(O)c1nc2c(cnc3[nH]ccc32)[nH]1.CCC#N. The second-order valence-electron chi connectivity index (χ2n) is 5.84. The van der Waals surface area contributed by atoms with E-state index in [0.717, 1.165) is 22.1 Å². The van der Waals surface area contributed by atoms with Gasteiger partial charge in [-0.15, -0.1) is 0 Å². The molecule has 0 bridgehead atoms. The summed E-state index contributed by atoms with van der Waals surface area (Å²) in [7, 11) is 0. The molecule has 1 fully saturated rings. The van der Waals surface area contributed by atoms with Gasteiger partial charge >= 0.3 is 0 Å². The van der Waals surface area contributed by atoms with Gasteiger partial charge in [-0.3, -0.25) is 0 Å². The van der Waals surface area contributed by atoms with Crippen molar-refractivity contribution in [1.29, 1.82) is 5.26 Å². The minimum Gasteiger partial charge on any atom is -0.385 e. The normalized spacial score (nSPS) is 14.4. The van der Waals surface area contributed by atoms with E-state index in [2.05, 4.69) is 19.9 Å². The molecular formula is C18H25N5O. The van der Waals surface area contributed by atoms with Gasteiger partial charge < -0.3 is 15.1 Å².